The minimum atomic E-state index is 0.873. The molecule has 68 valence electrons. The second kappa shape index (κ2) is 6.00. The van der Waals surface area contributed by atoms with Gasteiger partial charge in [0.25, 0.3) is 0 Å². The van der Waals surface area contributed by atoms with E-state index in [0.29, 0.717) is 0 Å². The highest BCUT2D eigenvalue weighted by atomic mass is 31.1. The van der Waals surface area contributed by atoms with Crippen molar-refractivity contribution < 1.29 is 0 Å². The van der Waals surface area contributed by atoms with Crippen LogP contribution in [-0.2, 0) is 0 Å². The van der Waals surface area contributed by atoms with Gasteiger partial charge < -0.3 is 0 Å². The SMILES string of the molecule is CCC(C)C(CPC)C(C)C. The first-order valence-electron chi connectivity index (χ1n) is 4.78. The van der Waals surface area contributed by atoms with Gasteiger partial charge in [-0.15, -0.1) is 8.58 Å². The third-order valence-corrected chi connectivity index (χ3v) is 3.55. The van der Waals surface area contributed by atoms with E-state index in [2.05, 4.69) is 34.4 Å². The Morgan fingerprint density at radius 3 is 2.00 bits per heavy atom. The minimum Gasteiger partial charge on any atom is -0.125 e. The van der Waals surface area contributed by atoms with Crippen LogP contribution in [0.4, 0.5) is 0 Å². The summed E-state index contributed by atoms with van der Waals surface area (Å²) in [6.07, 6.45) is 2.78. The zero-order chi connectivity index (χ0) is 8.85. The summed E-state index contributed by atoms with van der Waals surface area (Å²) in [4.78, 5) is 0. The van der Waals surface area contributed by atoms with Crippen LogP contribution in [0.3, 0.4) is 0 Å². The molecule has 0 saturated heterocycles. The number of hydrogen-bond acceptors (Lipinski definition) is 0. The van der Waals surface area contributed by atoms with Gasteiger partial charge in [-0.2, -0.15) is 0 Å². The van der Waals surface area contributed by atoms with E-state index in [1.165, 1.54) is 12.6 Å². The van der Waals surface area contributed by atoms with Crippen molar-refractivity contribution in [2.75, 3.05) is 12.8 Å². The van der Waals surface area contributed by atoms with Crippen LogP contribution in [0.25, 0.3) is 0 Å². The Kier molecular flexibility index (Phi) is 6.24. The highest BCUT2D eigenvalue weighted by molar-refractivity contribution is 7.36. The van der Waals surface area contributed by atoms with Crippen molar-refractivity contribution in [3.8, 4) is 0 Å². The molecule has 0 spiro atoms. The van der Waals surface area contributed by atoms with Crippen LogP contribution in [0.15, 0.2) is 0 Å². The van der Waals surface area contributed by atoms with Crippen molar-refractivity contribution in [1.82, 2.24) is 0 Å². The third-order valence-electron chi connectivity index (χ3n) is 2.67. The molecule has 0 aromatic heterocycles. The molecule has 0 heterocycles. The van der Waals surface area contributed by atoms with Gasteiger partial charge in [0, 0.05) is 0 Å². The first kappa shape index (κ1) is 11.4. The summed E-state index contributed by atoms with van der Waals surface area (Å²) in [5.41, 5.74) is 0. The first-order valence-corrected chi connectivity index (χ1v) is 6.48. The maximum atomic E-state index is 2.39. The summed E-state index contributed by atoms with van der Waals surface area (Å²) in [6, 6.07) is 0. The largest absolute Gasteiger partial charge is 0.125 e. The van der Waals surface area contributed by atoms with E-state index in [0.717, 1.165) is 26.3 Å². The van der Waals surface area contributed by atoms with Gasteiger partial charge in [0.05, 0.1) is 0 Å². The second-order valence-electron chi connectivity index (χ2n) is 3.85. The smallest absolute Gasteiger partial charge is 0.0322 e. The molecular weight excluding hydrogens is 151 g/mol. The van der Waals surface area contributed by atoms with E-state index in [1.54, 1.807) is 0 Å². The average Bonchev–Trinajstić information content (AvgIpc) is 1.98. The van der Waals surface area contributed by atoms with Crippen molar-refractivity contribution >= 4 is 8.58 Å². The predicted octanol–water partition coefficient (Wildman–Crippen LogP) is 3.61. The zero-order valence-electron chi connectivity index (χ0n) is 8.65. The molecule has 0 N–H and O–H groups in total. The van der Waals surface area contributed by atoms with E-state index >= 15 is 0 Å². The standard InChI is InChI=1S/C10H23P/c1-6-9(4)10(7-11-5)8(2)3/h8-11H,6-7H2,1-5H3. The molecule has 0 aromatic carbocycles. The molecule has 11 heavy (non-hydrogen) atoms. The quantitative estimate of drug-likeness (QED) is 0.558. The number of hydrogen-bond donors (Lipinski definition) is 0. The van der Waals surface area contributed by atoms with E-state index in [4.69, 9.17) is 0 Å². The van der Waals surface area contributed by atoms with Crippen molar-refractivity contribution in [3.05, 3.63) is 0 Å². The van der Waals surface area contributed by atoms with Gasteiger partial charge in [-0.1, -0.05) is 34.1 Å². The maximum Gasteiger partial charge on any atom is -0.0322 e. The predicted molar refractivity (Wildman–Crippen MR) is 56.9 cm³/mol. The summed E-state index contributed by atoms with van der Waals surface area (Å²) in [5.74, 6) is 2.75. The fraction of sp³-hybridized carbons (Fsp3) is 1.00. The molecule has 0 nitrogen and oxygen atoms in total. The Hall–Kier alpha value is 0.430. The Bertz CT molecular complexity index is 88.9. The lowest BCUT2D eigenvalue weighted by Gasteiger charge is -2.26. The Labute approximate surface area is 73.9 Å². The van der Waals surface area contributed by atoms with Crippen LogP contribution in [0.5, 0.6) is 0 Å². The van der Waals surface area contributed by atoms with Crippen LogP contribution in [-0.4, -0.2) is 12.8 Å². The first-order chi connectivity index (χ1) is 5.13. The van der Waals surface area contributed by atoms with Gasteiger partial charge in [-0.05, 0) is 30.6 Å². The van der Waals surface area contributed by atoms with Crippen molar-refractivity contribution in [1.29, 1.82) is 0 Å². The van der Waals surface area contributed by atoms with Crippen molar-refractivity contribution in [2.45, 2.75) is 34.1 Å². The van der Waals surface area contributed by atoms with Gasteiger partial charge in [0.2, 0.25) is 0 Å². The molecule has 0 fully saturated rings. The molecule has 0 radical (unpaired) electrons. The minimum absolute atomic E-state index is 0.873. The molecule has 0 rings (SSSR count). The lowest BCUT2D eigenvalue weighted by atomic mass is 9.84. The highest BCUT2D eigenvalue weighted by Crippen LogP contribution is 2.27. The van der Waals surface area contributed by atoms with Crippen LogP contribution in [0, 0.1) is 17.8 Å². The normalized spacial score (nSPS) is 18.0. The molecule has 0 aromatic rings. The van der Waals surface area contributed by atoms with Crippen LogP contribution >= 0.6 is 8.58 Å². The average molecular weight is 174 g/mol. The Morgan fingerprint density at radius 2 is 1.73 bits per heavy atom. The molecule has 0 aliphatic heterocycles. The Morgan fingerprint density at radius 1 is 1.18 bits per heavy atom. The fourth-order valence-corrected chi connectivity index (χ4v) is 2.98. The summed E-state index contributed by atoms with van der Waals surface area (Å²) >= 11 is 0. The van der Waals surface area contributed by atoms with E-state index in [9.17, 15) is 0 Å². The molecule has 3 unspecified atom stereocenters. The van der Waals surface area contributed by atoms with E-state index < -0.39 is 0 Å². The van der Waals surface area contributed by atoms with E-state index in [-0.39, 0.29) is 0 Å². The van der Waals surface area contributed by atoms with Crippen LogP contribution < -0.4 is 0 Å². The summed E-state index contributed by atoms with van der Waals surface area (Å²) < 4.78 is 0. The summed E-state index contributed by atoms with van der Waals surface area (Å²) in [7, 11) is 1.13. The highest BCUT2D eigenvalue weighted by Gasteiger charge is 2.17. The zero-order valence-corrected chi connectivity index (χ0v) is 9.65. The van der Waals surface area contributed by atoms with Crippen molar-refractivity contribution in [3.63, 3.8) is 0 Å². The molecular formula is C10H23P. The monoisotopic (exact) mass is 174 g/mol. The molecule has 0 aliphatic rings. The van der Waals surface area contributed by atoms with Crippen LogP contribution in [0.1, 0.15) is 34.1 Å². The second-order valence-corrected chi connectivity index (χ2v) is 4.97. The van der Waals surface area contributed by atoms with Gasteiger partial charge in [0.15, 0.2) is 0 Å². The third kappa shape index (κ3) is 4.11. The van der Waals surface area contributed by atoms with Gasteiger partial charge in [0.1, 0.15) is 0 Å². The van der Waals surface area contributed by atoms with Gasteiger partial charge in [-0.25, -0.2) is 0 Å². The molecule has 0 amide bonds. The van der Waals surface area contributed by atoms with Gasteiger partial charge >= 0.3 is 0 Å². The molecule has 0 saturated carbocycles. The van der Waals surface area contributed by atoms with Crippen LogP contribution in [0.2, 0.25) is 0 Å². The Balaban J connectivity index is 3.87. The van der Waals surface area contributed by atoms with Crippen molar-refractivity contribution in [2.24, 2.45) is 17.8 Å². The molecule has 0 bridgehead atoms. The molecule has 1 heteroatoms. The molecule has 0 aliphatic carbocycles. The lowest BCUT2D eigenvalue weighted by Crippen LogP contribution is -2.19. The lowest BCUT2D eigenvalue weighted by molar-refractivity contribution is 0.295. The maximum absolute atomic E-state index is 2.39. The summed E-state index contributed by atoms with van der Waals surface area (Å²) in [6.45, 7) is 11.7. The summed E-state index contributed by atoms with van der Waals surface area (Å²) in [5, 5.41) is 0. The molecule has 3 atom stereocenters. The van der Waals surface area contributed by atoms with Gasteiger partial charge in [-0.3, -0.25) is 0 Å². The number of rotatable bonds is 5. The van der Waals surface area contributed by atoms with E-state index in [1.807, 2.05) is 0 Å². The fourth-order valence-electron chi connectivity index (χ4n) is 1.63. The topological polar surface area (TPSA) is 0 Å².